The summed E-state index contributed by atoms with van der Waals surface area (Å²) in [7, 11) is 1.45. The number of esters is 1. The monoisotopic (exact) mass is 308 g/mol. The molecule has 0 radical (unpaired) electrons. The SMILES string of the molecule is COC(=O)C1CC2CCCCC2N1CC(=O)NC1CCCC1. The molecule has 0 bridgehead atoms. The first-order valence-electron chi connectivity index (χ1n) is 8.82. The van der Waals surface area contributed by atoms with E-state index in [0.717, 1.165) is 25.7 Å². The van der Waals surface area contributed by atoms with E-state index in [1.54, 1.807) is 0 Å². The van der Waals surface area contributed by atoms with Crippen LogP contribution in [0.5, 0.6) is 0 Å². The summed E-state index contributed by atoms with van der Waals surface area (Å²) in [6.45, 7) is 0.345. The summed E-state index contributed by atoms with van der Waals surface area (Å²) in [5.41, 5.74) is 0. The number of likely N-dealkylation sites (tertiary alicyclic amines) is 1. The Morgan fingerprint density at radius 2 is 1.77 bits per heavy atom. The molecular formula is C17H28N2O3. The van der Waals surface area contributed by atoms with E-state index in [9.17, 15) is 9.59 Å². The third-order valence-corrected chi connectivity index (χ3v) is 5.74. The van der Waals surface area contributed by atoms with Gasteiger partial charge in [-0.3, -0.25) is 14.5 Å². The molecule has 5 nitrogen and oxygen atoms in total. The zero-order chi connectivity index (χ0) is 15.5. The summed E-state index contributed by atoms with van der Waals surface area (Å²) in [5.74, 6) is 0.451. The number of rotatable bonds is 4. The Balaban J connectivity index is 1.64. The van der Waals surface area contributed by atoms with Crippen molar-refractivity contribution < 1.29 is 14.3 Å². The van der Waals surface area contributed by atoms with Crippen LogP contribution in [-0.4, -0.2) is 48.6 Å². The second kappa shape index (κ2) is 6.99. The van der Waals surface area contributed by atoms with Gasteiger partial charge in [-0.1, -0.05) is 25.7 Å². The van der Waals surface area contributed by atoms with Gasteiger partial charge in [0, 0.05) is 12.1 Å². The highest BCUT2D eigenvalue weighted by Crippen LogP contribution is 2.39. The molecule has 124 valence electrons. The lowest BCUT2D eigenvalue weighted by atomic mass is 9.85. The van der Waals surface area contributed by atoms with Crippen LogP contribution < -0.4 is 5.32 Å². The van der Waals surface area contributed by atoms with Gasteiger partial charge in [-0.25, -0.2) is 0 Å². The maximum Gasteiger partial charge on any atom is 0.323 e. The van der Waals surface area contributed by atoms with Crippen molar-refractivity contribution >= 4 is 11.9 Å². The van der Waals surface area contributed by atoms with Crippen LogP contribution in [0.15, 0.2) is 0 Å². The molecule has 0 spiro atoms. The fraction of sp³-hybridized carbons (Fsp3) is 0.882. The molecule has 0 aromatic heterocycles. The molecule has 1 heterocycles. The second-order valence-corrected chi connectivity index (χ2v) is 7.11. The Hall–Kier alpha value is -1.10. The lowest BCUT2D eigenvalue weighted by Gasteiger charge is -2.32. The smallest absolute Gasteiger partial charge is 0.323 e. The number of fused-ring (bicyclic) bond motifs is 1. The van der Waals surface area contributed by atoms with Crippen LogP contribution in [0.1, 0.15) is 57.8 Å². The first-order chi connectivity index (χ1) is 10.7. The van der Waals surface area contributed by atoms with Crippen LogP contribution in [0.3, 0.4) is 0 Å². The number of methoxy groups -OCH3 is 1. The second-order valence-electron chi connectivity index (χ2n) is 7.11. The van der Waals surface area contributed by atoms with Crippen molar-refractivity contribution in [1.29, 1.82) is 0 Å². The third-order valence-electron chi connectivity index (χ3n) is 5.74. The molecule has 2 aliphatic carbocycles. The number of amides is 1. The molecule has 0 aromatic carbocycles. The topological polar surface area (TPSA) is 58.6 Å². The van der Waals surface area contributed by atoms with E-state index in [1.807, 2.05) is 0 Å². The van der Waals surface area contributed by atoms with Crippen molar-refractivity contribution in [2.24, 2.45) is 5.92 Å². The molecule has 3 fully saturated rings. The number of nitrogens with one attached hydrogen (secondary N) is 1. The number of hydrogen-bond donors (Lipinski definition) is 1. The molecule has 3 rings (SSSR count). The van der Waals surface area contributed by atoms with Crippen LogP contribution in [-0.2, 0) is 14.3 Å². The minimum absolute atomic E-state index is 0.0760. The molecule has 1 amide bonds. The van der Waals surface area contributed by atoms with E-state index in [-0.39, 0.29) is 17.9 Å². The van der Waals surface area contributed by atoms with E-state index < -0.39 is 0 Å². The van der Waals surface area contributed by atoms with Gasteiger partial charge in [0.25, 0.3) is 0 Å². The highest BCUT2D eigenvalue weighted by atomic mass is 16.5. The molecular weight excluding hydrogens is 280 g/mol. The fourth-order valence-corrected chi connectivity index (χ4v) is 4.66. The highest BCUT2D eigenvalue weighted by molar-refractivity contribution is 5.81. The van der Waals surface area contributed by atoms with Gasteiger partial charge >= 0.3 is 5.97 Å². The summed E-state index contributed by atoms with van der Waals surface area (Å²) in [6.07, 6.45) is 10.2. The Kier molecular flexibility index (Phi) is 5.01. The largest absolute Gasteiger partial charge is 0.468 e. The molecule has 1 aliphatic heterocycles. The van der Waals surface area contributed by atoms with E-state index >= 15 is 0 Å². The molecule has 3 atom stereocenters. The van der Waals surface area contributed by atoms with Gasteiger partial charge in [0.1, 0.15) is 6.04 Å². The number of carbonyl (C=O) groups is 2. The summed E-state index contributed by atoms with van der Waals surface area (Å²) in [4.78, 5) is 26.6. The third kappa shape index (κ3) is 3.29. The molecule has 2 saturated carbocycles. The molecule has 1 N–H and O–H groups in total. The van der Waals surface area contributed by atoms with Crippen molar-refractivity contribution in [2.45, 2.75) is 75.9 Å². The molecule has 0 aromatic rings. The first kappa shape index (κ1) is 15.8. The van der Waals surface area contributed by atoms with Gasteiger partial charge in [0.2, 0.25) is 5.91 Å². The Labute approximate surface area is 132 Å². The van der Waals surface area contributed by atoms with Crippen LogP contribution in [0, 0.1) is 5.92 Å². The summed E-state index contributed by atoms with van der Waals surface area (Å²) < 4.78 is 4.97. The Morgan fingerprint density at radius 1 is 1.09 bits per heavy atom. The van der Waals surface area contributed by atoms with Crippen molar-refractivity contribution in [1.82, 2.24) is 10.2 Å². The molecule has 3 unspecified atom stereocenters. The standard InChI is InChI=1S/C17H28N2O3/c1-22-17(21)15-10-12-6-2-5-9-14(12)19(15)11-16(20)18-13-7-3-4-8-13/h12-15H,2-11H2,1H3,(H,18,20). The molecule has 3 aliphatic rings. The summed E-state index contributed by atoms with van der Waals surface area (Å²) >= 11 is 0. The lowest BCUT2D eigenvalue weighted by molar-refractivity contribution is -0.146. The van der Waals surface area contributed by atoms with Gasteiger partial charge in [0.05, 0.1) is 13.7 Å². The fourth-order valence-electron chi connectivity index (χ4n) is 4.66. The van der Waals surface area contributed by atoms with Crippen molar-refractivity contribution in [3.8, 4) is 0 Å². The number of ether oxygens (including phenoxy) is 1. The number of nitrogens with zero attached hydrogens (tertiary/aromatic N) is 1. The maximum absolute atomic E-state index is 12.4. The molecule has 1 saturated heterocycles. The number of carbonyl (C=O) groups excluding carboxylic acids is 2. The lowest BCUT2D eigenvalue weighted by Crippen LogP contribution is -2.49. The minimum atomic E-state index is -0.229. The first-order valence-corrected chi connectivity index (χ1v) is 8.82. The average molecular weight is 308 g/mol. The Morgan fingerprint density at radius 3 is 2.50 bits per heavy atom. The molecule has 22 heavy (non-hydrogen) atoms. The summed E-state index contributed by atoms with van der Waals surface area (Å²) in [6, 6.07) is 0.494. The van der Waals surface area contributed by atoms with Crippen LogP contribution >= 0.6 is 0 Å². The van der Waals surface area contributed by atoms with Crippen molar-refractivity contribution in [3.05, 3.63) is 0 Å². The van der Waals surface area contributed by atoms with E-state index in [2.05, 4.69) is 10.2 Å². The summed E-state index contributed by atoms with van der Waals surface area (Å²) in [5, 5.41) is 3.15. The van der Waals surface area contributed by atoms with E-state index in [0.29, 0.717) is 24.5 Å². The zero-order valence-electron chi connectivity index (χ0n) is 13.6. The van der Waals surface area contributed by atoms with Crippen molar-refractivity contribution in [3.63, 3.8) is 0 Å². The Bertz CT molecular complexity index is 420. The van der Waals surface area contributed by atoms with Gasteiger partial charge in [-0.15, -0.1) is 0 Å². The minimum Gasteiger partial charge on any atom is -0.468 e. The highest BCUT2D eigenvalue weighted by Gasteiger charge is 2.46. The zero-order valence-corrected chi connectivity index (χ0v) is 13.6. The van der Waals surface area contributed by atoms with Gasteiger partial charge in [-0.05, 0) is 38.0 Å². The van der Waals surface area contributed by atoms with Crippen LogP contribution in [0.4, 0.5) is 0 Å². The normalized spacial score (nSPS) is 32.7. The van der Waals surface area contributed by atoms with Gasteiger partial charge < -0.3 is 10.1 Å². The average Bonchev–Trinajstić information content (AvgIpc) is 3.15. The van der Waals surface area contributed by atoms with Gasteiger partial charge in [0.15, 0.2) is 0 Å². The predicted octanol–water partition coefficient (Wildman–Crippen LogP) is 1.85. The van der Waals surface area contributed by atoms with Gasteiger partial charge in [-0.2, -0.15) is 0 Å². The van der Waals surface area contributed by atoms with Crippen LogP contribution in [0.25, 0.3) is 0 Å². The quantitative estimate of drug-likeness (QED) is 0.805. The van der Waals surface area contributed by atoms with E-state index in [4.69, 9.17) is 4.74 Å². The van der Waals surface area contributed by atoms with E-state index in [1.165, 1.54) is 39.2 Å². The van der Waals surface area contributed by atoms with Crippen molar-refractivity contribution in [2.75, 3.05) is 13.7 Å². The van der Waals surface area contributed by atoms with Crippen LogP contribution in [0.2, 0.25) is 0 Å². The predicted molar refractivity (Wildman–Crippen MR) is 83.3 cm³/mol. The molecule has 5 heteroatoms. The maximum atomic E-state index is 12.4. The number of hydrogen-bond acceptors (Lipinski definition) is 4.